The fourth-order valence-electron chi connectivity index (χ4n) is 1.13. The first-order valence-corrected chi connectivity index (χ1v) is 5.77. The number of ether oxygens (including phenoxy) is 1. The van der Waals surface area contributed by atoms with E-state index in [0.29, 0.717) is 6.42 Å². The summed E-state index contributed by atoms with van der Waals surface area (Å²) >= 11 is 11.5. The summed E-state index contributed by atoms with van der Waals surface area (Å²) in [6.45, 7) is 1.75. The molecule has 0 saturated carbocycles. The van der Waals surface area contributed by atoms with Gasteiger partial charge in [-0.15, -0.1) is 0 Å². The van der Waals surface area contributed by atoms with Crippen molar-refractivity contribution in [2.75, 3.05) is 12.3 Å². The number of carbonyl (C=O) groups excluding carboxylic acids is 1. The Morgan fingerprint density at radius 3 is 2.71 bits per heavy atom. The van der Waals surface area contributed by atoms with E-state index in [-0.39, 0.29) is 27.9 Å². The summed E-state index contributed by atoms with van der Waals surface area (Å²) in [6, 6.07) is 2.80. The molecule has 0 aromatic heterocycles. The summed E-state index contributed by atoms with van der Waals surface area (Å²) in [5, 5.41) is 9.43. The molecule has 94 valence electrons. The number of halogens is 2. The Hall–Kier alpha value is -0.970. The summed E-state index contributed by atoms with van der Waals surface area (Å²) < 4.78 is 4.93. The van der Waals surface area contributed by atoms with Crippen molar-refractivity contribution in [3.05, 3.63) is 27.7 Å². The molecular formula is C11H13Cl2NO3. The predicted octanol–water partition coefficient (Wildman–Crippen LogP) is 2.50. The van der Waals surface area contributed by atoms with Crippen LogP contribution < -0.4 is 5.73 Å². The van der Waals surface area contributed by atoms with Crippen LogP contribution >= 0.6 is 23.2 Å². The second-order valence-electron chi connectivity index (χ2n) is 3.63. The molecule has 0 radical (unpaired) electrons. The number of hydrogen-bond acceptors (Lipinski definition) is 4. The van der Waals surface area contributed by atoms with Gasteiger partial charge < -0.3 is 15.6 Å². The number of esters is 1. The molecule has 0 aliphatic carbocycles. The summed E-state index contributed by atoms with van der Waals surface area (Å²) in [5.41, 5.74) is 6.03. The van der Waals surface area contributed by atoms with Crippen molar-refractivity contribution >= 4 is 34.9 Å². The Kier molecular flexibility index (Phi) is 5.05. The number of aliphatic hydroxyl groups is 1. The molecule has 1 aromatic rings. The molecular weight excluding hydrogens is 265 g/mol. The largest absolute Gasteiger partial charge is 0.462 e. The van der Waals surface area contributed by atoms with E-state index in [9.17, 15) is 4.79 Å². The smallest absolute Gasteiger partial charge is 0.338 e. The van der Waals surface area contributed by atoms with Crippen molar-refractivity contribution in [3.8, 4) is 0 Å². The average molecular weight is 278 g/mol. The minimum absolute atomic E-state index is 0.136. The zero-order valence-corrected chi connectivity index (χ0v) is 10.8. The topological polar surface area (TPSA) is 72.5 Å². The van der Waals surface area contributed by atoms with Crippen molar-refractivity contribution in [3.63, 3.8) is 0 Å². The zero-order valence-electron chi connectivity index (χ0n) is 9.24. The molecule has 0 fully saturated rings. The van der Waals surface area contributed by atoms with Crippen molar-refractivity contribution < 1.29 is 14.6 Å². The van der Waals surface area contributed by atoms with Crippen LogP contribution in [-0.2, 0) is 4.74 Å². The van der Waals surface area contributed by atoms with Gasteiger partial charge >= 0.3 is 5.97 Å². The van der Waals surface area contributed by atoms with Gasteiger partial charge in [0, 0.05) is 6.42 Å². The number of nitrogen functional groups attached to an aromatic ring is 1. The Morgan fingerprint density at radius 1 is 1.53 bits per heavy atom. The number of carbonyl (C=O) groups is 1. The number of anilines is 1. The van der Waals surface area contributed by atoms with E-state index in [1.165, 1.54) is 12.1 Å². The molecule has 0 aliphatic rings. The lowest BCUT2D eigenvalue weighted by Gasteiger charge is -2.08. The van der Waals surface area contributed by atoms with Crippen LogP contribution in [0.1, 0.15) is 23.7 Å². The molecule has 1 rings (SSSR count). The maximum atomic E-state index is 11.6. The first-order chi connectivity index (χ1) is 7.91. The van der Waals surface area contributed by atoms with Crippen LogP contribution in [0, 0.1) is 0 Å². The van der Waals surface area contributed by atoms with E-state index in [2.05, 4.69) is 0 Å². The van der Waals surface area contributed by atoms with E-state index >= 15 is 0 Å². The van der Waals surface area contributed by atoms with Gasteiger partial charge in [-0.3, -0.25) is 0 Å². The minimum atomic E-state index is -0.545. The van der Waals surface area contributed by atoms with E-state index in [1.54, 1.807) is 6.92 Å². The molecule has 0 bridgehead atoms. The first-order valence-electron chi connectivity index (χ1n) is 5.01. The highest BCUT2D eigenvalue weighted by atomic mass is 35.5. The van der Waals surface area contributed by atoms with Crippen LogP contribution in [0.5, 0.6) is 0 Å². The third-order valence-electron chi connectivity index (χ3n) is 2.06. The lowest BCUT2D eigenvalue weighted by Crippen LogP contribution is -2.11. The maximum absolute atomic E-state index is 11.6. The number of nitrogens with two attached hydrogens (primary N) is 1. The molecule has 0 amide bonds. The van der Waals surface area contributed by atoms with E-state index in [4.69, 9.17) is 38.8 Å². The quantitative estimate of drug-likeness (QED) is 0.655. The highest BCUT2D eigenvalue weighted by Gasteiger charge is 2.12. The van der Waals surface area contributed by atoms with E-state index in [0.717, 1.165) is 0 Å². The summed E-state index contributed by atoms with van der Waals surface area (Å²) in [6.07, 6.45) is -0.135. The number of benzene rings is 1. The van der Waals surface area contributed by atoms with Crippen molar-refractivity contribution in [1.82, 2.24) is 0 Å². The standard InChI is InChI=1S/C11H13Cl2NO3/c1-6(15)2-3-17-11(16)7-4-8(12)10(13)9(14)5-7/h4-6,15H,2-3,14H2,1H3. The van der Waals surface area contributed by atoms with Gasteiger partial charge in [0.1, 0.15) is 0 Å². The fourth-order valence-corrected chi connectivity index (χ4v) is 1.47. The monoisotopic (exact) mass is 277 g/mol. The lowest BCUT2D eigenvalue weighted by atomic mass is 10.2. The number of aliphatic hydroxyl groups excluding tert-OH is 1. The Balaban J connectivity index is 2.70. The lowest BCUT2D eigenvalue weighted by molar-refractivity contribution is 0.0444. The zero-order chi connectivity index (χ0) is 13.0. The van der Waals surface area contributed by atoms with Gasteiger partial charge in [0.15, 0.2) is 0 Å². The first kappa shape index (κ1) is 14.1. The minimum Gasteiger partial charge on any atom is -0.462 e. The van der Waals surface area contributed by atoms with E-state index < -0.39 is 12.1 Å². The van der Waals surface area contributed by atoms with Gasteiger partial charge in [-0.1, -0.05) is 23.2 Å². The van der Waals surface area contributed by atoms with Crippen LogP contribution in [0.2, 0.25) is 10.0 Å². The van der Waals surface area contributed by atoms with Crippen LogP contribution in [0.25, 0.3) is 0 Å². The molecule has 3 N–H and O–H groups in total. The van der Waals surface area contributed by atoms with Crippen molar-refractivity contribution in [1.29, 1.82) is 0 Å². The van der Waals surface area contributed by atoms with Gasteiger partial charge in [-0.2, -0.15) is 0 Å². The molecule has 0 aliphatic heterocycles. The Bertz CT molecular complexity index is 398. The molecule has 1 atom stereocenters. The summed E-state index contributed by atoms with van der Waals surface area (Å²) in [7, 11) is 0. The molecule has 17 heavy (non-hydrogen) atoms. The second kappa shape index (κ2) is 6.10. The van der Waals surface area contributed by atoms with Gasteiger partial charge in [0.05, 0.1) is 34.0 Å². The normalized spacial score (nSPS) is 12.2. The van der Waals surface area contributed by atoms with Crippen LogP contribution in [0.4, 0.5) is 5.69 Å². The fraction of sp³-hybridized carbons (Fsp3) is 0.364. The van der Waals surface area contributed by atoms with Crippen LogP contribution in [0.15, 0.2) is 12.1 Å². The van der Waals surface area contributed by atoms with Gasteiger partial charge in [0.2, 0.25) is 0 Å². The second-order valence-corrected chi connectivity index (χ2v) is 4.42. The molecule has 0 saturated heterocycles. The summed E-state index contributed by atoms with van der Waals surface area (Å²) in [5.74, 6) is -0.545. The number of hydrogen-bond donors (Lipinski definition) is 2. The third-order valence-corrected chi connectivity index (χ3v) is 2.88. The Labute approximate surface area is 109 Å². The van der Waals surface area contributed by atoms with Gasteiger partial charge in [-0.25, -0.2) is 4.79 Å². The van der Waals surface area contributed by atoms with Crippen LogP contribution in [0.3, 0.4) is 0 Å². The molecule has 4 nitrogen and oxygen atoms in total. The predicted molar refractivity (Wildman–Crippen MR) is 67.5 cm³/mol. The molecule has 0 heterocycles. The molecule has 6 heteroatoms. The molecule has 1 unspecified atom stereocenters. The average Bonchev–Trinajstić information content (AvgIpc) is 2.24. The maximum Gasteiger partial charge on any atom is 0.338 e. The molecule has 0 spiro atoms. The SMILES string of the molecule is CC(O)CCOC(=O)c1cc(N)c(Cl)c(Cl)c1. The number of rotatable bonds is 4. The van der Waals surface area contributed by atoms with Gasteiger partial charge in [-0.05, 0) is 19.1 Å². The highest BCUT2D eigenvalue weighted by Crippen LogP contribution is 2.29. The van der Waals surface area contributed by atoms with E-state index in [1.807, 2.05) is 0 Å². The van der Waals surface area contributed by atoms with Crippen molar-refractivity contribution in [2.24, 2.45) is 0 Å². The Morgan fingerprint density at radius 2 is 2.18 bits per heavy atom. The highest BCUT2D eigenvalue weighted by molar-refractivity contribution is 6.43. The van der Waals surface area contributed by atoms with Gasteiger partial charge in [0.25, 0.3) is 0 Å². The molecule has 1 aromatic carbocycles. The van der Waals surface area contributed by atoms with Crippen LogP contribution in [-0.4, -0.2) is 23.8 Å². The third kappa shape index (κ3) is 4.07. The van der Waals surface area contributed by atoms with Crippen molar-refractivity contribution in [2.45, 2.75) is 19.4 Å². The summed E-state index contributed by atoms with van der Waals surface area (Å²) in [4.78, 5) is 11.6.